The molecule has 3 atom stereocenters. The van der Waals surface area contributed by atoms with Gasteiger partial charge in [0.05, 0.1) is 11.3 Å². The predicted octanol–water partition coefficient (Wildman–Crippen LogP) is 3.63. The highest BCUT2D eigenvalue weighted by Crippen LogP contribution is 2.22. The van der Waals surface area contributed by atoms with Crippen LogP contribution in [0.1, 0.15) is 40.0 Å². The number of hydrogen-bond acceptors (Lipinski definition) is 6. The lowest BCUT2D eigenvalue weighted by molar-refractivity contribution is -0.467. The lowest BCUT2D eigenvalue weighted by Crippen LogP contribution is -2.50. The van der Waals surface area contributed by atoms with Crippen LogP contribution in [-0.2, 0) is 24.2 Å². The van der Waals surface area contributed by atoms with Gasteiger partial charge in [0.1, 0.15) is 5.83 Å². The molecular formula is C22H33ClFN3O5. The summed E-state index contributed by atoms with van der Waals surface area (Å²) in [7, 11) is 1.78. The van der Waals surface area contributed by atoms with Crippen molar-refractivity contribution in [3.63, 3.8) is 0 Å². The van der Waals surface area contributed by atoms with E-state index in [-0.39, 0.29) is 29.6 Å². The van der Waals surface area contributed by atoms with Crippen LogP contribution in [0.2, 0.25) is 0 Å². The maximum atomic E-state index is 12.7. The third-order valence-electron chi connectivity index (χ3n) is 4.46. The Morgan fingerprint density at radius 3 is 2.66 bits per heavy atom. The molecule has 1 fully saturated rings. The first-order chi connectivity index (χ1) is 15.0. The summed E-state index contributed by atoms with van der Waals surface area (Å²) in [6, 6.07) is -0.204. The fraction of sp³-hybridized carbons (Fsp3) is 0.545. The molecule has 2 N–H and O–H groups in total. The van der Waals surface area contributed by atoms with Crippen molar-refractivity contribution in [1.29, 1.82) is 0 Å². The molecule has 1 rings (SSSR count). The van der Waals surface area contributed by atoms with Crippen molar-refractivity contribution >= 4 is 23.4 Å². The summed E-state index contributed by atoms with van der Waals surface area (Å²) in [6.07, 6.45) is 4.81. The first kappa shape index (κ1) is 27.8. The standard InChI is InChI=1S/C22H33ClFN3O5/c1-14(2)10-18-12-20(31-32-27(18)6)22(29)26-16(4)11-15(3)25-21(28)13-30-9-7-8-19(23)17(5)24/h7-9,14,16,18,20H,3,5,10-13H2,1-2,4,6H3,(H,25,28)(H,26,29)/b9-7+,19-8+. The van der Waals surface area contributed by atoms with Gasteiger partial charge in [0, 0.05) is 37.7 Å². The zero-order chi connectivity index (χ0) is 24.3. The molecular weight excluding hydrogens is 441 g/mol. The van der Waals surface area contributed by atoms with Crippen LogP contribution in [0, 0.1) is 5.92 Å². The first-order valence-electron chi connectivity index (χ1n) is 10.3. The number of allylic oxidation sites excluding steroid dienone is 4. The molecule has 0 bridgehead atoms. The number of hydrogen-bond donors (Lipinski definition) is 2. The Bertz CT molecular complexity index is 741. The van der Waals surface area contributed by atoms with Crippen molar-refractivity contribution in [2.45, 2.75) is 58.2 Å². The Morgan fingerprint density at radius 2 is 2.03 bits per heavy atom. The van der Waals surface area contributed by atoms with E-state index in [1.54, 1.807) is 19.0 Å². The molecule has 180 valence electrons. The monoisotopic (exact) mass is 473 g/mol. The molecule has 0 aromatic heterocycles. The van der Waals surface area contributed by atoms with Gasteiger partial charge in [-0.15, -0.1) is 4.99 Å². The minimum absolute atomic E-state index is 0.0837. The zero-order valence-electron chi connectivity index (χ0n) is 19.0. The maximum absolute atomic E-state index is 12.7. The molecule has 0 spiro atoms. The van der Waals surface area contributed by atoms with Crippen LogP contribution in [0.3, 0.4) is 0 Å². The average molecular weight is 474 g/mol. The van der Waals surface area contributed by atoms with Gasteiger partial charge in [-0.05, 0) is 31.4 Å². The lowest BCUT2D eigenvalue weighted by atomic mass is 9.97. The van der Waals surface area contributed by atoms with Gasteiger partial charge in [0.25, 0.3) is 11.8 Å². The maximum Gasteiger partial charge on any atom is 0.261 e. The smallest absolute Gasteiger partial charge is 0.261 e. The number of halogens is 2. The number of carbonyl (C=O) groups excluding carboxylic acids is 2. The van der Waals surface area contributed by atoms with Gasteiger partial charge >= 0.3 is 0 Å². The zero-order valence-corrected chi connectivity index (χ0v) is 19.8. The number of nitrogens with one attached hydrogen (secondary N) is 2. The molecule has 0 aromatic carbocycles. The summed E-state index contributed by atoms with van der Waals surface area (Å²) in [6.45, 7) is 12.6. The number of hydroxylamine groups is 2. The highest BCUT2D eigenvalue weighted by molar-refractivity contribution is 6.31. The molecule has 0 aromatic rings. The van der Waals surface area contributed by atoms with Crippen LogP contribution < -0.4 is 10.6 Å². The summed E-state index contributed by atoms with van der Waals surface area (Å²) in [5, 5.41) is 6.91. The summed E-state index contributed by atoms with van der Waals surface area (Å²) in [5.41, 5.74) is 0.422. The van der Waals surface area contributed by atoms with Crippen molar-refractivity contribution in [2.75, 3.05) is 13.7 Å². The Labute approximate surface area is 194 Å². The van der Waals surface area contributed by atoms with E-state index >= 15 is 0 Å². The second-order valence-corrected chi connectivity index (χ2v) is 8.46. The van der Waals surface area contributed by atoms with E-state index in [4.69, 9.17) is 26.2 Å². The Morgan fingerprint density at radius 1 is 1.34 bits per heavy atom. The second kappa shape index (κ2) is 14.1. The van der Waals surface area contributed by atoms with Crippen LogP contribution in [0.5, 0.6) is 0 Å². The summed E-state index contributed by atoms with van der Waals surface area (Å²) < 4.78 is 17.7. The van der Waals surface area contributed by atoms with Gasteiger partial charge in [0.15, 0.2) is 12.7 Å². The normalized spacial score (nSPS) is 20.8. The molecule has 3 unspecified atom stereocenters. The number of ether oxygens (including phenoxy) is 1. The summed E-state index contributed by atoms with van der Waals surface area (Å²) in [5.74, 6) is -1.01. The van der Waals surface area contributed by atoms with Crippen LogP contribution in [0.25, 0.3) is 0 Å². The quantitative estimate of drug-likeness (QED) is 0.255. The minimum Gasteiger partial charge on any atom is -0.491 e. The summed E-state index contributed by atoms with van der Waals surface area (Å²) >= 11 is 5.54. The van der Waals surface area contributed by atoms with E-state index in [2.05, 4.69) is 37.6 Å². The van der Waals surface area contributed by atoms with Gasteiger partial charge in [0.2, 0.25) is 0 Å². The molecule has 32 heavy (non-hydrogen) atoms. The first-order valence-corrected chi connectivity index (χ1v) is 10.7. The largest absolute Gasteiger partial charge is 0.491 e. The van der Waals surface area contributed by atoms with Crippen LogP contribution in [0.15, 0.2) is 48.1 Å². The highest BCUT2D eigenvalue weighted by Gasteiger charge is 2.34. The molecule has 0 aliphatic carbocycles. The van der Waals surface area contributed by atoms with E-state index in [0.29, 0.717) is 24.5 Å². The second-order valence-electron chi connectivity index (χ2n) is 8.05. The van der Waals surface area contributed by atoms with Gasteiger partial charge in [-0.1, -0.05) is 38.6 Å². The lowest BCUT2D eigenvalue weighted by Gasteiger charge is -2.35. The van der Waals surface area contributed by atoms with Gasteiger partial charge in [-0.3, -0.25) is 9.59 Å². The fourth-order valence-electron chi connectivity index (χ4n) is 2.99. The van der Waals surface area contributed by atoms with Gasteiger partial charge in [-0.25, -0.2) is 9.28 Å². The highest BCUT2D eigenvalue weighted by atomic mass is 35.5. The van der Waals surface area contributed by atoms with Crippen molar-refractivity contribution < 1.29 is 28.6 Å². The van der Waals surface area contributed by atoms with E-state index in [9.17, 15) is 14.0 Å². The number of nitrogens with zero attached hydrogens (tertiary/aromatic N) is 1. The Kier molecular flexibility index (Phi) is 12.2. The van der Waals surface area contributed by atoms with E-state index < -0.39 is 17.8 Å². The average Bonchev–Trinajstić information content (AvgIpc) is 2.68. The van der Waals surface area contributed by atoms with E-state index in [1.807, 2.05) is 0 Å². The van der Waals surface area contributed by atoms with Crippen molar-refractivity contribution in [3.8, 4) is 0 Å². The topological polar surface area (TPSA) is 89.1 Å². The molecule has 10 heteroatoms. The molecule has 0 radical (unpaired) electrons. The molecule has 1 saturated heterocycles. The molecule has 0 saturated carbocycles. The molecule has 2 amide bonds. The third-order valence-corrected chi connectivity index (χ3v) is 4.79. The number of carbonyl (C=O) groups is 2. The van der Waals surface area contributed by atoms with Gasteiger partial charge in [-0.2, -0.15) is 5.06 Å². The van der Waals surface area contributed by atoms with E-state index in [0.717, 1.165) is 6.42 Å². The third kappa shape index (κ3) is 10.9. The molecule has 8 nitrogen and oxygen atoms in total. The Balaban J connectivity index is 2.36. The Hall–Kier alpha value is -2.20. The van der Waals surface area contributed by atoms with Crippen LogP contribution in [-0.4, -0.2) is 48.7 Å². The molecule has 1 aliphatic heterocycles. The van der Waals surface area contributed by atoms with Gasteiger partial charge < -0.3 is 15.4 Å². The predicted molar refractivity (Wildman–Crippen MR) is 120 cm³/mol. The van der Waals surface area contributed by atoms with E-state index in [1.165, 1.54) is 18.4 Å². The van der Waals surface area contributed by atoms with Crippen LogP contribution in [0.4, 0.5) is 4.39 Å². The SMILES string of the molecule is C=C(CC(C)NC(=O)C1CC(CC(C)C)N(C)OO1)NC(=O)CO/C=C/C=C(/Cl)C(=C)F. The van der Waals surface area contributed by atoms with Crippen molar-refractivity contribution in [2.24, 2.45) is 5.92 Å². The van der Waals surface area contributed by atoms with Crippen molar-refractivity contribution in [3.05, 3.63) is 48.1 Å². The number of rotatable bonds is 12. The van der Waals surface area contributed by atoms with Crippen LogP contribution >= 0.6 is 11.6 Å². The molecule has 1 aliphatic rings. The minimum atomic E-state index is -0.767. The fourth-order valence-corrected chi connectivity index (χ4v) is 3.06. The summed E-state index contributed by atoms with van der Waals surface area (Å²) in [4.78, 5) is 34.8. The molecule has 1 heterocycles. The van der Waals surface area contributed by atoms with Crippen molar-refractivity contribution in [1.82, 2.24) is 15.7 Å². The number of amides is 2.